The van der Waals surface area contributed by atoms with Crippen molar-refractivity contribution in [2.75, 3.05) is 0 Å². The lowest BCUT2D eigenvalue weighted by Gasteiger charge is -2.34. The van der Waals surface area contributed by atoms with Crippen LogP contribution in [0, 0.1) is 23.0 Å². The highest BCUT2D eigenvalue weighted by atomic mass is 19.1. The van der Waals surface area contributed by atoms with E-state index in [4.69, 9.17) is 10.00 Å². The first kappa shape index (κ1) is 23.2. The molecule has 8 nitrogen and oxygen atoms in total. The maximum atomic E-state index is 14.6. The van der Waals surface area contributed by atoms with Gasteiger partial charge < -0.3 is 9.84 Å². The van der Waals surface area contributed by atoms with Gasteiger partial charge in [0, 0.05) is 17.8 Å². The fraction of sp³-hybridized carbons (Fsp3) is 0.250. The molecule has 0 amide bonds. The maximum absolute atomic E-state index is 14.6. The average molecular weight is 464 g/mol. The minimum absolute atomic E-state index is 0.0595. The molecule has 0 radical (unpaired) electrons. The van der Waals surface area contributed by atoms with Gasteiger partial charge in [0.1, 0.15) is 29.9 Å². The predicted molar refractivity (Wildman–Crippen MR) is 117 cm³/mol. The molecule has 2 atom stereocenters. The molecule has 0 unspecified atom stereocenters. The van der Waals surface area contributed by atoms with Gasteiger partial charge in [0.25, 0.3) is 0 Å². The average Bonchev–Trinajstić information content (AvgIpc) is 3.50. The van der Waals surface area contributed by atoms with E-state index in [1.54, 1.807) is 36.0 Å². The zero-order valence-electron chi connectivity index (χ0n) is 18.3. The van der Waals surface area contributed by atoms with E-state index in [9.17, 15) is 13.9 Å². The molecular formula is C24H22F2N6O2. The van der Waals surface area contributed by atoms with E-state index >= 15 is 0 Å². The fourth-order valence-electron chi connectivity index (χ4n) is 3.62. The molecule has 1 N–H and O–H groups in total. The number of rotatable bonds is 9. The predicted octanol–water partition coefficient (Wildman–Crippen LogP) is 3.17. The fourth-order valence-corrected chi connectivity index (χ4v) is 3.62. The third-order valence-corrected chi connectivity index (χ3v) is 5.54. The summed E-state index contributed by atoms with van der Waals surface area (Å²) in [5.74, 6) is -1.63. The van der Waals surface area contributed by atoms with Gasteiger partial charge in [-0.1, -0.05) is 18.2 Å². The van der Waals surface area contributed by atoms with E-state index in [1.165, 1.54) is 23.4 Å². The van der Waals surface area contributed by atoms with Crippen LogP contribution < -0.4 is 0 Å². The Labute approximate surface area is 194 Å². The van der Waals surface area contributed by atoms with Crippen LogP contribution >= 0.6 is 0 Å². The van der Waals surface area contributed by atoms with Gasteiger partial charge >= 0.3 is 0 Å². The summed E-state index contributed by atoms with van der Waals surface area (Å²) in [6.45, 7) is 2.03. The van der Waals surface area contributed by atoms with Crippen molar-refractivity contribution in [3.63, 3.8) is 0 Å². The van der Waals surface area contributed by atoms with E-state index in [-0.39, 0.29) is 18.7 Å². The zero-order valence-corrected chi connectivity index (χ0v) is 18.3. The minimum atomic E-state index is -1.85. The summed E-state index contributed by atoms with van der Waals surface area (Å²) in [4.78, 5) is 3.85. The second-order valence-electron chi connectivity index (χ2n) is 7.91. The van der Waals surface area contributed by atoms with E-state index < -0.39 is 23.3 Å². The number of hydrogen-bond donors (Lipinski definition) is 1. The Kier molecular flexibility index (Phi) is 6.77. The lowest BCUT2D eigenvalue weighted by molar-refractivity contribution is -0.124. The summed E-state index contributed by atoms with van der Waals surface area (Å²) in [5, 5.41) is 28.9. The third kappa shape index (κ3) is 5.17. The lowest BCUT2D eigenvalue weighted by Crippen LogP contribution is -2.44. The third-order valence-electron chi connectivity index (χ3n) is 5.54. The van der Waals surface area contributed by atoms with Crippen LogP contribution in [0.25, 0.3) is 0 Å². The molecule has 2 aromatic heterocycles. The van der Waals surface area contributed by atoms with E-state index in [2.05, 4.69) is 21.3 Å². The van der Waals surface area contributed by atoms with Gasteiger partial charge in [0.2, 0.25) is 0 Å². The minimum Gasteiger partial charge on any atom is -0.380 e. The molecule has 0 saturated heterocycles. The van der Waals surface area contributed by atoms with E-state index in [0.29, 0.717) is 17.8 Å². The number of aromatic nitrogens is 5. The molecule has 0 aliphatic rings. The second-order valence-corrected chi connectivity index (χ2v) is 7.91. The van der Waals surface area contributed by atoms with Crippen LogP contribution in [0.15, 0.2) is 67.4 Å². The SMILES string of the molecule is C[C@@H](OCc1ccn(Cc2ccc(C#N)cc2)n1)[C@](O)(Cn1cncn1)c1ccc(F)cc1F. The number of ether oxygens (including phenoxy) is 1. The number of nitrogens with zero attached hydrogens (tertiary/aromatic N) is 6. The molecule has 0 bridgehead atoms. The van der Waals surface area contributed by atoms with Gasteiger partial charge in [0.15, 0.2) is 0 Å². The number of hydrogen-bond acceptors (Lipinski definition) is 6. The molecule has 174 valence electrons. The Hall–Kier alpha value is -3.94. The van der Waals surface area contributed by atoms with Crippen LogP contribution in [-0.4, -0.2) is 35.8 Å². The highest BCUT2D eigenvalue weighted by Crippen LogP contribution is 2.32. The first-order valence-corrected chi connectivity index (χ1v) is 10.5. The summed E-state index contributed by atoms with van der Waals surface area (Å²) >= 11 is 0. The molecule has 0 fully saturated rings. The molecule has 0 aliphatic heterocycles. The molecule has 0 spiro atoms. The van der Waals surface area contributed by atoms with Crippen molar-refractivity contribution in [1.82, 2.24) is 24.5 Å². The van der Waals surface area contributed by atoms with Crippen LogP contribution in [-0.2, 0) is 30.0 Å². The van der Waals surface area contributed by atoms with Gasteiger partial charge in [-0.05, 0) is 36.8 Å². The smallest absolute Gasteiger partial charge is 0.138 e. The van der Waals surface area contributed by atoms with Crippen LogP contribution in [0.1, 0.15) is 29.3 Å². The van der Waals surface area contributed by atoms with Gasteiger partial charge in [-0.2, -0.15) is 15.5 Å². The van der Waals surface area contributed by atoms with Crippen LogP contribution in [0.3, 0.4) is 0 Å². The van der Waals surface area contributed by atoms with Gasteiger partial charge in [0.05, 0.1) is 43.1 Å². The molecule has 0 aliphatic carbocycles. The first-order chi connectivity index (χ1) is 16.4. The van der Waals surface area contributed by atoms with Crippen molar-refractivity contribution in [3.05, 3.63) is 101 Å². The molecular weight excluding hydrogens is 442 g/mol. The van der Waals surface area contributed by atoms with Crippen LogP contribution in [0.4, 0.5) is 8.78 Å². The number of halogens is 2. The monoisotopic (exact) mass is 464 g/mol. The summed E-state index contributed by atoms with van der Waals surface area (Å²) in [6.07, 6.45) is 3.58. The topological polar surface area (TPSA) is 102 Å². The van der Waals surface area contributed by atoms with Gasteiger partial charge in [-0.25, -0.2) is 18.4 Å². The molecule has 2 heterocycles. The van der Waals surface area contributed by atoms with Gasteiger partial charge in [-0.3, -0.25) is 4.68 Å². The first-order valence-electron chi connectivity index (χ1n) is 10.5. The Morgan fingerprint density at radius 1 is 1.15 bits per heavy atom. The molecule has 34 heavy (non-hydrogen) atoms. The van der Waals surface area contributed by atoms with Crippen molar-refractivity contribution in [3.8, 4) is 6.07 Å². The molecule has 4 aromatic rings. The molecule has 4 rings (SSSR count). The normalized spacial score (nSPS) is 13.9. The summed E-state index contributed by atoms with van der Waals surface area (Å²) in [6, 6.07) is 14.1. The summed E-state index contributed by atoms with van der Waals surface area (Å²) in [7, 11) is 0. The second kappa shape index (κ2) is 9.91. The van der Waals surface area contributed by atoms with Crippen molar-refractivity contribution >= 4 is 0 Å². The summed E-state index contributed by atoms with van der Waals surface area (Å²) < 4.78 is 37.1. The lowest BCUT2D eigenvalue weighted by atomic mass is 9.88. The highest BCUT2D eigenvalue weighted by Gasteiger charge is 2.40. The Bertz CT molecular complexity index is 1280. The zero-order chi connectivity index (χ0) is 24.1. The van der Waals surface area contributed by atoms with Crippen LogP contribution in [0.2, 0.25) is 0 Å². The molecule has 0 saturated carbocycles. The maximum Gasteiger partial charge on any atom is 0.138 e. The van der Waals surface area contributed by atoms with Crippen LogP contribution in [0.5, 0.6) is 0 Å². The quantitative estimate of drug-likeness (QED) is 0.408. The Morgan fingerprint density at radius 3 is 2.62 bits per heavy atom. The number of nitriles is 1. The Morgan fingerprint density at radius 2 is 1.94 bits per heavy atom. The molecule has 2 aromatic carbocycles. The summed E-state index contributed by atoms with van der Waals surface area (Å²) in [5.41, 5.74) is 0.225. The number of benzene rings is 2. The molecule has 10 heteroatoms. The highest BCUT2D eigenvalue weighted by molar-refractivity contribution is 5.31. The largest absolute Gasteiger partial charge is 0.380 e. The Balaban J connectivity index is 1.47. The standard InChI is InChI=1S/C24H22F2N6O2/c1-17(24(33,14-32-16-28-15-29-32)22-7-6-20(25)10-23(22)26)34-13-21-8-9-31(30-21)12-19-4-2-18(11-27)3-5-19/h2-10,15-17,33H,12-14H2,1H3/t17-,24-/m1/s1. The van der Waals surface area contributed by atoms with Crippen molar-refractivity contribution in [2.24, 2.45) is 0 Å². The van der Waals surface area contributed by atoms with Gasteiger partial charge in [-0.15, -0.1) is 0 Å². The number of aliphatic hydroxyl groups is 1. The van der Waals surface area contributed by atoms with Crippen molar-refractivity contribution in [1.29, 1.82) is 5.26 Å². The van der Waals surface area contributed by atoms with Crippen molar-refractivity contribution in [2.45, 2.75) is 38.3 Å². The van der Waals surface area contributed by atoms with E-state index in [1.807, 2.05) is 12.1 Å². The van der Waals surface area contributed by atoms with E-state index in [0.717, 1.165) is 17.7 Å². The van der Waals surface area contributed by atoms with Crippen molar-refractivity contribution < 1.29 is 18.6 Å².